The summed E-state index contributed by atoms with van der Waals surface area (Å²) >= 11 is 0. The summed E-state index contributed by atoms with van der Waals surface area (Å²) in [5.41, 5.74) is -0.642. The molecule has 1 fully saturated rings. The van der Waals surface area contributed by atoms with E-state index in [0.29, 0.717) is 0 Å². The molecule has 0 aliphatic carbocycles. The van der Waals surface area contributed by atoms with Gasteiger partial charge in [0.05, 0.1) is 12.1 Å². The second-order valence-electron chi connectivity index (χ2n) is 4.28. The van der Waals surface area contributed by atoms with E-state index in [1.54, 1.807) is 6.92 Å². The van der Waals surface area contributed by atoms with E-state index < -0.39 is 17.6 Å². The van der Waals surface area contributed by atoms with Crippen molar-refractivity contribution in [2.45, 2.75) is 37.8 Å². The first-order valence-corrected chi connectivity index (χ1v) is 5.40. The lowest BCUT2D eigenvalue weighted by atomic mass is 9.90. The summed E-state index contributed by atoms with van der Waals surface area (Å²) in [4.78, 5) is 22.1. The van der Waals surface area contributed by atoms with E-state index in [1.165, 1.54) is 0 Å². The molecule has 6 nitrogen and oxygen atoms in total. The fraction of sp³-hybridized carbons (Fsp3) is 0.800. The molecule has 1 saturated heterocycles. The normalized spacial score (nSPS) is 27.1. The standard InChI is InChI=1S/C10H18N2O4/c1-10(4-2-3-5-12-10)9(16)11-6-7(13)8(14)15/h7,12-13H,2-6H2,1H3,(H,11,16)(H,14,15). The average molecular weight is 230 g/mol. The third-order valence-electron chi connectivity index (χ3n) is 2.86. The molecule has 4 N–H and O–H groups in total. The van der Waals surface area contributed by atoms with Gasteiger partial charge in [0.2, 0.25) is 5.91 Å². The number of piperidine rings is 1. The van der Waals surface area contributed by atoms with Crippen molar-refractivity contribution < 1.29 is 19.8 Å². The molecule has 1 aliphatic heterocycles. The quantitative estimate of drug-likeness (QED) is 0.500. The minimum Gasteiger partial charge on any atom is -0.479 e. The first-order valence-electron chi connectivity index (χ1n) is 5.40. The Labute approximate surface area is 94.0 Å². The number of aliphatic hydroxyl groups is 1. The minimum atomic E-state index is -1.55. The predicted octanol–water partition coefficient (Wildman–Crippen LogP) is -0.920. The maximum Gasteiger partial charge on any atom is 0.334 e. The topological polar surface area (TPSA) is 98.7 Å². The molecule has 0 spiro atoms. The van der Waals surface area contributed by atoms with E-state index in [4.69, 9.17) is 10.2 Å². The summed E-state index contributed by atoms with van der Waals surface area (Å²) in [6, 6.07) is 0. The smallest absolute Gasteiger partial charge is 0.334 e. The van der Waals surface area contributed by atoms with Gasteiger partial charge < -0.3 is 20.8 Å². The molecule has 1 aliphatic rings. The summed E-state index contributed by atoms with van der Waals surface area (Å²) in [6.45, 7) is 2.31. The fourth-order valence-corrected chi connectivity index (χ4v) is 1.72. The molecule has 1 heterocycles. The van der Waals surface area contributed by atoms with Gasteiger partial charge in [0.15, 0.2) is 6.10 Å². The van der Waals surface area contributed by atoms with E-state index in [1.807, 2.05) is 0 Å². The van der Waals surface area contributed by atoms with Crippen molar-refractivity contribution >= 4 is 11.9 Å². The SMILES string of the molecule is CC1(C(=O)NCC(O)C(=O)O)CCCCN1. The van der Waals surface area contributed by atoms with Gasteiger partial charge in [-0.2, -0.15) is 0 Å². The van der Waals surface area contributed by atoms with Crippen LogP contribution in [0.2, 0.25) is 0 Å². The first kappa shape index (κ1) is 12.9. The van der Waals surface area contributed by atoms with E-state index >= 15 is 0 Å². The van der Waals surface area contributed by atoms with Crippen LogP contribution in [-0.4, -0.2) is 46.8 Å². The number of hydrogen-bond donors (Lipinski definition) is 4. The van der Waals surface area contributed by atoms with Gasteiger partial charge in [0.25, 0.3) is 0 Å². The molecule has 0 bridgehead atoms. The van der Waals surface area contributed by atoms with Crippen LogP contribution < -0.4 is 10.6 Å². The highest BCUT2D eigenvalue weighted by Crippen LogP contribution is 2.18. The van der Waals surface area contributed by atoms with E-state index in [-0.39, 0.29) is 12.5 Å². The van der Waals surface area contributed by atoms with Gasteiger partial charge in [-0.1, -0.05) is 0 Å². The van der Waals surface area contributed by atoms with Crippen molar-refractivity contribution in [1.82, 2.24) is 10.6 Å². The Kier molecular flexibility index (Phi) is 4.26. The molecular weight excluding hydrogens is 212 g/mol. The second kappa shape index (κ2) is 5.27. The molecular formula is C10H18N2O4. The molecule has 0 aromatic rings. The zero-order valence-corrected chi connectivity index (χ0v) is 9.32. The highest BCUT2D eigenvalue weighted by molar-refractivity contribution is 5.86. The monoisotopic (exact) mass is 230 g/mol. The van der Waals surface area contributed by atoms with Gasteiger partial charge in [-0.05, 0) is 32.7 Å². The molecule has 2 atom stereocenters. The Morgan fingerprint density at radius 2 is 2.19 bits per heavy atom. The van der Waals surface area contributed by atoms with Crippen LogP contribution in [-0.2, 0) is 9.59 Å². The number of aliphatic carboxylic acids is 1. The molecule has 92 valence electrons. The van der Waals surface area contributed by atoms with Crippen molar-refractivity contribution in [3.05, 3.63) is 0 Å². The Morgan fingerprint density at radius 1 is 1.50 bits per heavy atom. The summed E-state index contributed by atoms with van der Waals surface area (Å²) in [5.74, 6) is -1.59. The highest BCUT2D eigenvalue weighted by Gasteiger charge is 2.34. The van der Waals surface area contributed by atoms with Crippen molar-refractivity contribution in [2.75, 3.05) is 13.1 Å². The van der Waals surface area contributed by atoms with Crippen molar-refractivity contribution in [2.24, 2.45) is 0 Å². The van der Waals surface area contributed by atoms with Gasteiger partial charge in [-0.15, -0.1) is 0 Å². The third-order valence-corrected chi connectivity index (χ3v) is 2.86. The number of rotatable bonds is 4. The lowest BCUT2D eigenvalue weighted by molar-refractivity contribution is -0.146. The van der Waals surface area contributed by atoms with Crippen molar-refractivity contribution in [3.8, 4) is 0 Å². The van der Waals surface area contributed by atoms with E-state index in [2.05, 4.69) is 10.6 Å². The van der Waals surface area contributed by atoms with Crippen molar-refractivity contribution in [1.29, 1.82) is 0 Å². The molecule has 6 heteroatoms. The molecule has 1 rings (SSSR count). The summed E-state index contributed by atoms with van der Waals surface area (Å²) in [7, 11) is 0. The number of amides is 1. The first-order chi connectivity index (χ1) is 7.46. The molecule has 2 unspecified atom stereocenters. The Morgan fingerprint density at radius 3 is 2.69 bits per heavy atom. The lowest BCUT2D eigenvalue weighted by Gasteiger charge is -2.33. The maximum absolute atomic E-state index is 11.8. The van der Waals surface area contributed by atoms with Crippen LogP contribution in [0.5, 0.6) is 0 Å². The number of aliphatic hydroxyl groups excluding tert-OH is 1. The van der Waals surface area contributed by atoms with Gasteiger partial charge in [-0.3, -0.25) is 4.79 Å². The van der Waals surface area contributed by atoms with Crippen LogP contribution in [0.3, 0.4) is 0 Å². The third kappa shape index (κ3) is 3.18. The zero-order valence-electron chi connectivity index (χ0n) is 9.32. The molecule has 16 heavy (non-hydrogen) atoms. The van der Waals surface area contributed by atoms with Crippen LogP contribution in [0.15, 0.2) is 0 Å². The summed E-state index contributed by atoms with van der Waals surface area (Å²) in [5, 5.41) is 23.0. The number of carboxylic acids is 1. The largest absolute Gasteiger partial charge is 0.479 e. The van der Waals surface area contributed by atoms with Crippen LogP contribution >= 0.6 is 0 Å². The number of hydrogen-bond acceptors (Lipinski definition) is 4. The van der Waals surface area contributed by atoms with Gasteiger partial charge in [0, 0.05) is 0 Å². The van der Waals surface area contributed by atoms with Crippen LogP contribution in [0, 0.1) is 0 Å². The lowest BCUT2D eigenvalue weighted by Crippen LogP contribution is -2.58. The Balaban J connectivity index is 2.42. The van der Waals surface area contributed by atoms with E-state index in [9.17, 15) is 9.59 Å². The highest BCUT2D eigenvalue weighted by atomic mass is 16.4. The minimum absolute atomic E-state index is 0.257. The Bertz CT molecular complexity index is 274. The van der Waals surface area contributed by atoms with Crippen LogP contribution in [0.1, 0.15) is 26.2 Å². The summed E-state index contributed by atoms with van der Waals surface area (Å²) in [6.07, 6.45) is 1.19. The van der Waals surface area contributed by atoms with E-state index in [0.717, 1.165) is 25.8 Å². The molecule has 0 radical (unpaired) electrons. The molecule has 0 aromatic heterocycles. The van der Waals surface area contributed by atoms with Crippen molar-refractivity contribution in [3.63, 3.8) is 0 Å². The predicted molar refractivity (Wildman–Crippen MR) is 56.9 cm³/mol. The molecule has 0 aromatic carbocycles. The van der Waals surface area contributed by atoms with Gasteiger partial charge in [-0.25, -0.2) is 4.79 Å². The average Bonchev–Trinajstić information content (AvgIpc) is 2.26. The summed E-state index contributed by atoms with van der Waals surface area (Å²) < 4.78 is 0. The van der Waals surface area contributed by atoms with Gasteiger partial charge in [0.1, 0.15) is 0 Å². The molecule has 1 amide bonds. The van der Waals surface area contributed by atoms with Gasteiger partial charge >= 0.3 is 5.97 Å². The molecule has 0 saturated carbocycles. The number of carbonyl (C=O) groups is 2. The fourth-order valence-electron chi connectivity index (χ4n) is 1.72. The number of nitrogens with one attached hydrogen (secondary N) is 2. The van der Waals surface area contributed by atoms with Crippen LogP contribution in [0.25, 0.3) is 0 Å². The van der Waals surface area contributed by atoms with Crippen LogP contribution in [0.4, 0.5) is 0 Å². The maximum atomic E-state index is 11.8. The Hall–Kier alpha value is -1.14. The number of carboxylic acid groups (broad SMARTS) is 1. The zero-order chi connectivity index (χ0) is 12.2. The number of carbonyl (C=O) groups excluding carboxylic acids is 1. The second-order valence-corrected chi connectivity index (χ2v) is 4.28.